The lowest BCUT2D eigenvalue weighted by Crippen LogP contribution is -2.75. The van der Waals surface area contributed by atoms with Crippen molar-refractivity contribution in [2.24, 2.45) is 0 Å². The minimum absolute atomic E-state index is 0.181. The van der Waals surface area contributed by atoms with E-state index in [1.54, 1.807) is 11.3 Å². The Balaban J connectivity index is 1.29. The Morgan fingerprint density at radius 2 is 1.17 bits per heavy atom. The van der Waals surface area contributed by atoms with Gasteiger partial charge in [0.25, 0.3) is 0 Å². The molecule has 286 valence electrons. The maximum atomic E-state index is 7.39. The third-order valence-electron chi connectivity index (χ3n) is 13.4. The van der Waals surface area contributed by atoms with Gasteiger partial charge in [-0.1, -0.05) is 199 Å². The van der Waals surface area contributed by atoms with Crippen LogP contribution in [0.4, 0.5) is 0 Å². The molecule has 7 aromatic carbocycles. The first-order chi connectivity index (χ1) is 27.9. The van der Waals surface area contributed by atoms with Gasteiger partial charge < -0.3 is 4.74 Å². The molecule has 2 aromatic heterocycles. The quantitative estimate of drug-likeness (QED) is 0.128. The van der Waals surface area contributed by atoms with Gasteiger partial charge in [0.1, 0.15) is 11.5 Å². The molecular formula is C53H48N2OSSi. The van der Waals surface area contributed by atoms with Crippen molar-refractivity contribution in [3.8, 4) is 22.6 Å². The Bertz CT molecular complexity index is 2980. The maximum absolute atomic E-state index is 7.39. The number of imidazole rings is 1. The van der Waals surface area contributed by atoms with E-state index >= 15 is 0 Å². The van der Waals surface area contributed by atoms with E-state index in [4.69, 9.17) is 9.72 Å². The van der Waals surface area contributed by atoms with Crippen molar-refractivity contribution < 1.29 is 4.74 Å². The smallest absolute Gasteiger partial charge is 0.195 e. The van der Waals surface area contributed by atoms with Crippen molar-refractivity contribution >= 4 is 66.4 Å². The zero-order valence-electron chi connectivity index (χ0n) is 34.3. The summed E-state index contributed by atoms with van der Waals surface area (Å²) in [5, 5.41) is 5.24. The van der Waals surface area contributed by atoms with Gasteiger partial charge >= 0.3 is 0 Å². The average Bonchev–Trinajstić information content (AvgIpc) is 3.77. The van der Waals surface area contributed by atoms with Crippen molar-refractivity contribution in [2.75, 3.05) is 0 Å². The summed E-state index contributed by atoms with van der Waals surface area (Å²) in [7, 11) is -3.11. The Hall–Kier alpha value is -5.75. The molecule has 58 heavy (non-hydrogen) atoms. The predicted octanol–water partition coefficient (Wildman–Crippen LogP) is 11.4. The van der Waals surface area contributed by atoms with Crippen LogP contribution in [0.15, 0.2) is 164 Å². The van der Waals surface area contributed by atoms with Crippen LogP contribution < -0.4 is 25.5 Å². The molecule has 0 atom stereocenters. The van der Waals surface area contributed by atoms with E-state index < -0.39 is 8.07 Å². The highest BCUT2D eigenvalue weighted by atomic mass is 32.1. The zero-order valence-corrected chi connectivity index (χ0v) is 36.1. The van der Waals surface area contributed by atoms with E-state index in [0.29, 0.717) is 0 Å². The first-order valence-electron chi connectivity index (χ1n) is 20.4. The lowest BCUT2D eigenvalue weighted by atomic mass is 9.61. The number of benzene rings is 7. The van der Waals surface area contributed by atoms with Crippen LogP contribution >= 0.6 is 11.3 Å². The third-order valence-corrected chi connectivity index (χ3v) is 19.2. The zero-order chi connectivity index (χ0) is 40.0. The van der Waals surface area contributed by atoms with E-state index in [0.717, 1.165) is 33.1 Å². The van der Waals surface area contributed by atoms with Crippen LogP contribution in [0.3, 0.4) is 0 Å². The molecule has 9 aromatic rings. The summed E-state index contributed by atoms with van der Waals surface area (Å²) in [6.07, 6.45) is 0. The Labute approximate surface area is 346 Å². The van der Waals surface area contributed by atoms with Gasteiger partial charge in [0, 0.05) is 27.5 Å². The molecule has 0 saturated carbocycles. The van der Waals surface area contributed by atoms with Crippen molar-refractivity contribution in [3.05, 3.63) is 180 Å². The third kappa shape index (κ3) is 5.26. The highest BCUT2D eigenvalue weighted by Crippen LogP contribution is 2.53. The van der Waals surface area contributed by atoms with Crippen LogP contribution in [0.25, 0.3) is 37.3 Å². The lowest BCUT2D eigenvalue weighted by molar-refractivity contribution is 0.306. The molecule has 0 unspecified atom stereocenters. The minimum atomic E-state index is -3.11. The number of rotatable bonds is 5. The number of hydrogen-bond acceptors (Lipinski definition) is 3. The number of para-hydroxylation sites is 4. The molecule has 0 radical (unpaired) electrons. The summed E-state index contributed by atoms with van der Waals surface area (Å²) < 4.78 is 11.0. The molecular weight excluding hydrogens is 741 g/mol. The Morgan fingerprint density at radius 3 is 1.90 bits per heavy atom. The highest BCUT2D eigenvalue weighted by molar-refractivity contribution is 7.23. The maximum Gasteiger partial charge on any atom is 0.195 e. The summed E-state index contributed by atoms with van der Waals surface area (Å²) in [6, 6.07) is 60.8. The second-order valence-corrected chi connectivity index (χ2v) is 22.8. The highest BCUT2D eigenvalue weighted by Gasteiger charge is 2.50. The van der Waals surface area contributed by atoms with Crippen molar-refractivity contribution in [2.45, 2.75) is 64.7 Å². The van der Waals surface area contributed by atoms with Crippen LogP contribution in [-0.4, -0.2) is 17.5 Å². The molecule has 1 aliphatic rings. The summed E-state index contributed by atoms with van der Waals surface area (Å²) in [5.41, 5.74) is 8.91. The van der Waals surface area contributed by atoms with Gasteiger partial charge in [0.2, 0.25) is 0 Å². The summed E-state index contributed by atoms with van der Waals surface area (Å²) in [5.74, 6) is 1.92. The van der Waals surface area contributed by atoms with Gasteiger partial charge in [-0.2, -0.15) is 0 Å². The van der Waals surface area contributed by atoms with E-state index in [9.17, 15) is 0 Å². The van der Waals surface area contributed by atoms with Crippen LogP contribution in [0.2, 0.25) is 0 Å². The average molecular weight is 789 g/mol. The normalized spacial score (nSPS) is 14.9. The van der Waals surface area contributed by atoms with Crippen LogP contribution in [0.5, 0.6) is 11.5 Å². The fourth-order valence-electron chi connectivity index (χ4n) is 9.69. The molecule has 3 heterocycles. The summed E-state index contributed by atoms with van der Waals surface area (Å²) in [4.78, 5) is 6.36. The van der Waals surface area contributed by atoms with Crippen molar-refractivity contribution in [3.63, 3.8) is 0 Å². The monoisotopic (exact) mass is 788 g/mol. The number of nitrogens with zero attached hydrogens (tertiary/aromatic N) is 2. The number of aromatic nitrogens is 2. The molecule has 0 saturated heterocycles. The van der Waals surface area contributed by atoms with Gasteiger partial charge in [-0.25, -0.2) is 4.98 Å². The van der Waals surface area contributed by atoms with E-state index in [1.165, 1.54) is 53.2 Å². The first kappa shape index (κ1) is 36.6. The first-order valence-corrected chi connectivity index (χ1v) is 23.2. The van der Waals surface area contributed by atoms with Crippen molar-refractivity contribution in [1.82, 2.24) is 9.38 Å². The molecule has 0 fully saturated rings. The van der Waals surface area contributed by atoms with Gasteiger partial charge in [0.05, 0.1) is 21.3 Å². The van der Waals surface area contributed by atoms with Gasteiger partial charge in [-0.05, 0) is 61.6 Å². The van der Waals surface area contributed by atoms with Crippen LogP contribution in [-0.2, 0) is 16.2 Å². The molecule has 0 aliphatic carbocycles. The summed E-state index contributed by atoms with van der Waals surface area (Å²) >= 11 is 1.75. The number of hydrogen-bond donors (Lipinski definition) is 0. The molecule has 0 amide bonds. The summed E-state index contributed by atoms with van der Waals surface area (Å²) in [6.45, 7) is 16.6. The molecule has 1 aliphatic heterocycles. The fourth-order valence-corrected chi connectivity index (χ4v) is 15.6. The minimum Gasteiger partial charge on any atom is -0.457 e. The van der Waals surface area contributed by atoms with E-state index in [-0.39, 0.29) is 16.2 Å². The predicted molar refractivity (Wildman–Crippen MR) is 248 cm³/mol. The Kier molecular flexibility index (Phi) is 8.28. The standard InChI is InChI=1S/C53H48N2OSSi/c1-51(2,3)42-34-37(32-33-38(42)39-24-18-28-44-48(39)54-50-55(44)43-27-15-17-30-46(43)57-50)58(35-20-10-8-11-21-35,36-22-12-9-13-23-36)47-31-19-26-41-49(47)56-45-29-16-14-25-40(45)52(4,5)53(41,6)7/h8-34H,1-7H3. The topological polar surface area (TPSA) is 26.5 Å². The van der Waals surface area contributed by atoms with Gasteiger partial charge in [-0.15, -0.1) is 0 Å². The van der Waals surface area contributed by atoms with Gasteiger partial charge in [0.15, 0.2) is 13.0 Å². The second kappa shape index (κ2) is 13.1. The molecule has 0 bridgehead atoms. The molecule has 0 spiro atoms. The van der Waals surface area contributed by atoms with Crippen LogP contribution in [0.1, 0.15) is 65.2 Å². The number of fused-ring (bicyclic) bond motifs is 7. The SMILES string of the molecule is CC(C)(C)c1cc([Si](c2ccccc2)(c2ccccc2)c2cccc3c2Oc2ccccc2C(C)(C)C3(C)C)ccc1-c1cccc2c1nc1sc3ccccc3n12. The second-order valence-electron chi connectivity index (χ2n) is 18.0. The Morgan fingerprint density at radius 1 is 0.569 bits per heavy atom. The van der Waals surface area contributed by atoms with Crippen LogP contribution in [0, 0.1) is 0 Å². The lowest BCUT2D eigenvalue weighted by Gasteiger charge is -2.42. The molecule has 3 nitrogen and oxygen atoms in total. The number of ether oxygens (including phenoxy) is 1. The van der Waals surface area contributed by atoms with Crippen molar-refractivity contribution in [1.29, 1.82) is 0 Å². The van der Waals surface area contributed by atoms with E-state index in [2.05, 4.69) is 217 Å². The molecule has 0 N–H and O–H groups in total. The largest absolute Gasteiger partial charge is 0.457 e. The molecule has 10 rings (SSSR count). The molecule has 5 heteroatoms. The number of thiazole rings is 1. The van der Waals surface area contributed by atoms with E-state index in [1.807, 2.05) is 0 Å². The van der Waals surface area contributed by atoms with Gasteiger partial charge in [-0.3, -0.25) is 4.40 Å². The fraction of sp³-hybridized carbons (Fsp3) is 0.189.